The van der Waals surface area contributed by atoms with Gasteiger partial charge < -0.3 is 0 Å². The van der Waals surface area contributed by atoms with Gasteiger partial charge in [0.05, 0.1) is 17.4 Å². The van der Waals surface area contributed by atoms with Crippen molar-refractivity contribution in [2.24, 2.45) is 7.05 Å². The molecule has 84 valence electrons. The number of rotatable bonds is 1. The molecule has 0 aliphatic heterocycles. The van der Waals surface area contributed by atoms with Gasteiger partial charge in [0.25, 0.3) is 0 Å². The minimum absolute atomic E-state index is 1.01. The number of aromatic nitrogens is 3. The highest BCUT2D eigenvalue weighted by molar-refractivity contribution is 5.83. The Morgan fingerprint density at radius 3 is 2.82 bits per heavy atom. The van der Waals surface area contributed by atoms with Crippen LogP contribution >= 0.6 is 0 Å². The molecule has 0 saturated carbocycles. The Bertz CT molecular complexity index is 683. The summed E-state index contributed by atoms with van der Waals surface area (Å²) in [4.78, 5) is 4.40. The van der Waals surface area contributed by atoms with Crippen molar-refractivity contribution in [1.29, 1.82) is 0 Å². The summed E-state index contributed by atoms with van der Waals surface area (Å²) in [5.41, 5.74) is 4.49. The first-order chi connectivity index (χ1) is 8.24. The fourth-order valence-corrected chi connectivity index (χ4v) is 2.00. The van der Waals surface area contributed by atoms with E-state index in [4.69, 9.17) is 0 Å². The fraction of sp³-hybridized carbons (Fsp3) is 0.143. The summed E-state index contributed by atoms with van der Waals surface area (Å²) in [6.45, 7) is 2.08. The van der Waals surface area contributed by atoms with E-state index in [1.807, 2.05) is 30.2 Å². The van der Waals surface area contributed by atoms with E-state index in [-0.39, 0.29) is 0 Å². The van der Waals surface area contributed by atoms with Crippen LogP contribution in [0.15, 0.2) is 42.7 Å². The molecule has 17 heavy (non-hydrogen) atoms. The quantitative estimate of drug-likeness (QED) is 0.635. The monoisotopic (exact) mass is 223 g/mol. The van der Waals surface area contributed by atoms with Crippen LogP contribution in [0.2, 0.25) is 0 Å². The van der Waals surface area contributed by atoms with Gasteiger partial charge in [-0.1, -0.05) is 12.1 Å². The van der Waals surface area contributed by atoms with Crippen molar-refractivity contribution < 1.29 is 0 Å². The summed E-state index contributed by atoms with van der Waals surface area (Å²) < 4.78 is 1.88. The van der Waals surface area contributed by atoms with Crippen molar-refractivity contribution in [3.63, 3.8) is 0 Å². The Hall–Kier alpha value is -2.16. The largest absolute Gasteiger partial charge is 0.268 e. The zero-order chi connectivity index (χ0) is 11.8. The summed E-state index contributed by atoms with van der Waals surface area (Å²) >= 11 is 0. The van der Waals surface area contributed by atoms with Crippen LogP contribution in [0.1, 0.15) is 5.56 Å². The van der Waals surface area contributed by atoms with Crippen LogP contribution in [0.5, 0.6) is 0 Å². The third-order valence-electron chi connectivity index (χ3n) is 2.96. The SMILES string of the molecule is Cc1ccnc(-c2ccc3cnn(C)c3c2)c1. The molecule has 0 radical (unpaired) electrons. The van der Waals surface area contributed by atoms with E-state index in [0.717, 1.165) is 22.2 Å². The Morgan fingerprint density at radius 2 is 2.00 bits per heavy atom. The van der Waals surface area contributed by atoms with E-state index in [1.54, 1.807) is 0 Å². The first-order valence-electron chi connectivity index (χ1n) is 5.59. The molecule has 0 amide bonds. The highest BCUT2D eigenvalue weighted by Crippen LogP contribution is 2.22. The van der Waals surface area contributed by atoms with Gasteiger partial charge in [0.1, 0.15) is 0 Å². The Balaban J connectivity index is 2.20. The summed E-state index contributed by atoms with van der Waals surface area (Å²) in [6, 6.07) is 10.4. The second-order valence-electron chi connectivity index (χ2n) is 4.26. The number of nitrogens with zero attached hydrogens (tertiary/aromatic N) is 3. The maximum Gasteiger partial charge on any atom is 0.0705 e. The van der Waals surface area contributed by atoms with Gasteiger partial charge in [0.15, 0.2) is 0 Å². The standard InChI is InChI=1S/C14H13N3/c1-10-5-6-15-13(7-10)11-3-4-12-9-16-17(2)14(12)8-11/h3-9H,1-2H3. The number of pyridine rings is 1. The molecule has 0 N–H and O–H groups in total. The van der Waals surface area contributed by atoms with E-state index in [9.17, 15) is 0 Å². The van der Waals surface area contributed by atoms with Gasteiger partial charge in [-0.15, -0.1) is 0 Å². The zero-order valence-corrected chi connectivity index (χ0v) is 9.88. The second-order valence-corrected chi connectivity index (χ2v) is 4.26. The van der Waals surface area contributed by atoms with Crippen molar-refractivity contribution in [1.82, 2.24) is 14.8 Å². The Morgan fingerprint density at radius 1 is 1.12 bits per heavy atom. The molecule has 0 bridgehead atoms. The molecule has 3 heteroatoms. The van der Waals surface area contributed by atoms with Crippen LogP contribution in [-0.4, -0.2) is 14.8 Å². The third-order valence-corrected chi connectivity index (χ3v) is 2.96. The first-order valence-corrected chi connectivity index (χ1v) is 5.59. The van der Waals surface area contributed by atoms with Gasteiger partial charge in [0, 0.05) is 24.2 Å². The number of benzene rings is 1. The van der Waals surface area contributed by atoms with Crippen LogP contribution in [0.25, 0.3) is 22.2 Å². The number of fused-ring (bicyclic) bond motifs is 1. The van der Waals surface area contributed by atoms with Crippen LogP contribution in [0.3, 0.4) is 0 Å². The predicted octanol–water partition coefficient (Wildman–Crippen LogP) is 2.94. The molecule has 0 atom stereocenters. The van der Waals surface area contributed by atoms with Crippen molar-refractivity contribution >= 4 is 10.9 Å². The molecule has 0 aliphatic rings. The highest BCUT2D eigenvalue weighted by Gasteiger charge is 2.04. The van der Waals surface area contributed by atoms with Gasteiger partial charge in [-0.05, 0) is 30.7 Å². The number of hydrogen-bond donors (Lipinski definition) is 0. The summed E-state index contributed by atoms with van der Waals surface area (Å²) in [7, 11) is 1.95. The van der Waals surface area contributed by atoms with E-state index >= 15 is 0 Å². The van der Waals surface area contributed by atoms with Crippen molar-refractivity contribution in [2.75, 3.05) is 0 Å². The number of aryl methyl sites for hydroxylation is 2. The van der Waals surface area contributed by atoms with Crippen LogP contribution < -0.4 is 0 Å². The van der Waals surface area contributed by atoms with E-state index in [0.29, 0.717) is 0 Å². The predicted molar refractivity (Wildman–Crippen MR) is 68.7 cm³/mol. The zero-order valence-electron chi connectivity index (χ0n) is 9.88. The van der Waals surface area contributed by atoms with Crippen molar-refractivity contribution in [3.8, 4) is 11.3 Å². The molecular weight excluding hydrogens is 210 g/mol. The van der Waals surface area contributed by atoms with Crippen LogP contribution in [-0.2, 0) is 7.05 Å². The molecular formula is C14H13N3. The molecule has 0 unspecified atom stereocenters. The Labute approximate surface area is 99.7 Å². The number of hydrogen-bond acceptors (Lipinski definition) is 2. The van der Waals surface area contributed by atoms with Gasteiger partial charge >= 0.3 is 0 Å². The van der Waals surface area contributed by atoms with Gasteiger partial charge in [-0.3, -0.25) is 9.67 Å². The van der Waals surface area contributed by atoms with E-state index < -0.39 is 0 Å². The fourth-order valence-electron chi connectivity index (χ4n) is 2.00. The van der Waals surface area contributed by atoms with Crippen molar-refractivity contribution in [2.45, 2.75) is 6.92 Å². The smallest absolute Gasteiger partial charge is 0.0705 e. The lowest BCUT2D eigenvalue weighted by Gasteiger charge is -2.03. The molecule has 0 saturated heterocycles. The van der Waals surface area contributed by atoms with Gasteiger partial charge in [-0.25, -0.2) is 0 Å². The molecule has 2 aromatic heterocycles. The topological polar surface area (TPSA) is 30.7 Å². The Kier molecular flexibility index (Phi) is 2.18. The lowest BCUT2D eigenvalue weighted by Crippen LogP contribution is -1.90. The maximum absolute atomic E-state index is 4.40. The van der Waals surface area contributed by atoms with E-state index in [2.05, 4.69) is 41.3 Å². The molecule has 1 aromatic carbocycles. The molecule has 0 spiro atoms. The summed E-state index contributed by atoms with van der Waals surface area (Å²) in [5.74, 6) is 0. The first kappa shape index (κ1) is 10.0. The molecule has 2 heterocycles. The molecule has 3 aromatic rings. The minimum Gasteiger partial charge on any atom is -0.268 e. The lowest BCUT2D eigenvalue weighted by molar-refractivity contribution is 0.797. The molecule has 0 fully saturated rings. The minimum atomic E-state index is 1.01. The molecule has 0 aliphatic carbocycles. The highest BCUT2D eigenvalue weighted by atomic mass is 15.2. The lowest BCUT2D eigenvalue weighted by atomic mass is 10.1. The summed E-state index contributed by atoms with van der Waals surface area (Å²) in [6.07, 6.45) is 3.72. The van der Waals surface area contributed by atoms with Gasteiger partial charge in [0.2, 0.25) is 0 Å². The average Bonchev–Trinajstić information content (AvgIpc) is 2.71. The van der Waals surface area contributed by atoms with E-state index in [1.165, 1.54) is 5.56 Å². The second kappa shape index (κ2) is 3.70. The van der Waals surface area contributed by atoms with Crippen molar-refractivity contribution in [3.05, 3.63) is 48.3 Å². The maximum atomic E-state index is 4.40. The summed E-state index contributed by atoms with van der Waals surface area (Å²) in [5, 5.41) is 5.40. The van der Waals surface area contributed by atoms with Gasteiger partial charge in [-0.2, -0.15) is 5.10 Å². The molecule has 3 rings (SSSR count). The normalized spacial score (nSPS) is 10.9. The average molecular weight is 223 g/mol. The van der Waals surface area contributed by atoms with Crippen LogP contribution in [0.4, 0.5) is 0 Å². The third kappa shape index (κ3) is 1.69. The molecule has 3 nitrogen and oxygen atoms in total. The van der Waals surface area contributed by atoms with Crippen LogP contribution in [0, 0.1) is 6.92 Å².